The summed E-state index contributed by atoms with van der Waals surface area (Å²) in [7, 11) is 0. The molecule has 0 spiro atoms. The van der Waals surface area contributed by atoms with Gasteiger partial charge in [0.1, 0.15) is 12.2 Å². The van der Waals surface area contributed by atoms with E-state index in [1.54, 1.807) is 13.0 Å². The van der Waals surface area contributed by atoms with Crippen molar-refractivity contribution in [1.82, 2.24) is 9.88 Å². The average molecular weight is 293 g/mol. The highest BCUT2D eigenvalue weighted by Crippen LogP contribution is 2.19. The molecule has 2 N–H and O–H groups in total. The number of pyridine rings is 1. The second-order valence-electron chi connectivity index (χ2n) is 5.09. The highest BCUT2D eigenvalue weighted by atomic mass is 16.5. The van der Waals surface area contributed by atoms with Crippen molar-refractivity contribution < 1.29 is 14.3 Å². The van der Waals surface area contributed by atoms with E-state index in [1.165, 1.54) is 25.5 Å². The Labute approximate surface area is 125 Å². The van der Waals surface area contributed by atoms with Crippen molar-refractivity contribution in [1.29, 1.82) is 0 Å². The van der Waals surface area contributed by atoms with E-state index in [4.69, 9.17) is 15.2 Å². The van der Waals surface area contributed by atoms with Gasteiger partial charge in [-0.25, -0.2) is 9.78 Å². The van der Waals surface area contributed by atoms with E-state index < -0.39 is 5.97 Å². The first-order valence-electron chi connectivity index (χ1n) is 7.48. The highest BCUT2D eigenvalue weighted by molar-refractivity contribution is 5.92. The summed E-state index contributed by atoms with van der Waals surface area (Å²) in [4.78, 5) is 18.3. The zero-order valence-corrected chi connectivity index (χ0v) is 12.5. The van der Waals surface area contributed by atoms with Crippen LogP contribution in [0.5, 0.6) is 5.88 Å². The van der Waals surface area contributed by atoms with Crippen LogP contribution in [-0.2, 0) is 4.74 Å². The third kappa shape index (κ3) is 4.60. The molecule has 0 atom stereocenters. The van der Waals surface area contributed by atoms with Crippen LogP contribution in [-0.4, -0.2) is 48.7 Å². The Hall–Kier alpha value is -1.82. The number of aromatic nitrogens is 1. The Bertz CT molecular complexity index is 473. The van der Waals surface area contributed by atoms with Crippen LogP contribution in [0.2, 0.25) is 0 Å². The van der Waals surface area contributed by atoms with E-state index >= 15 is 0 Å². The molecule has 116 valence electrons. The van der Waals surface area contributed by atoms with Crippen molar-refractivity contribution in [2.45, 2.75) is 26.2 Å². The summed E-state index contributed by atoms with van der Waals surface area (Å²) in [6, 6.07) is 1.54. The predicted molar refractivity (Wildman–Crippen MR) is 80.4 cm³/mol. The standard InChI is InChI=1S/C15H23N3O3/c1-2-20-15(19)13-10-12(16)11-17-14(13)21-9-8-18-6-4-3-5-7-18/h10-11H,2-9,16H2,1H3. The summed E-state index contributed by atoms with van der Waals surface area (Å²) in [5, 5.41) is 0. The molecule has 0 aromatic carbocycles. The molecule has 1 fully saturated rings. The molecular formula is C15H23N3O3. The second kappa shape index (κ2) is 7.83. The quantitative estimate of drug-likeness (QED) is 0.804. The van der Waals surface area contributed by atoms with Gasteiger partial charge in [-0.05, 0) is 38.9 Å². The van der Waals surface area contributed by atoms with Gasteiger partial charge in [0.2, 0.25) is 5.88 Å². The fourth-order valence-corrected chi connectivity index (χ4v) is 2.39. The molecule has 2 heterocycles. The molecule has 1 aromatic rings. The molecular weight excluding hydrogens is 270 g/mol. The lowest BCUT2D eigenvalue weighted by atomic mass is 10.1. The topological polar surface area (TPSA) is 77.7 Å². The van der Waals surface area contributed by atoms with Crippen LogP contribution >= 0.6 is 0 Å². The normalized spacial score (nSPS) is 15.7. The highest BCUT2D eigenvalue weighted by Gasteiger charge is 2.16. The minimum atomic E-state index is -0.453. The number of esters is 1. The molecule has 1 saturated heterocycles. The third-order valence-electron chi connectivity index (χ3n) is 3.46. The summed E-state index contributed by atoms with van der Waals surface area (Å²) in [5.41, 5.74) is 6.38. The molecule has 0 radical (unpaired) electrons. The van der Waals surface area contributed by atoms with Crippen LogP contribution < -0.4 is 10.5 Å². The van der Waals surface area contributed by atoms with Crippen molar-refractivity contribution in [2.75, 3.05) is 38.6 Å². The summed E-state index contributed by atoms with van der Waals surface area (Å²) in [6.07, 6.45) is 5.28. The average Bonchev–Trinajstić information content (AvgIpc) is 2.50. The Kier molecular flexibility index (Phi) is 5.80. The van der Waals surface area contributed by atoms with Gasteiger partial charge in [0.15, 0.2) is 0 Å². The van der Waals surface area contributed by atoms with Crippen molar-refractivity contribution in [3.05, 3.63) is 17.8 Å². The number of hydrogen-bond acceptors (Lipinski definition) is 6. The van der Waals surface area contributed by atoms with E-state index in [0.717, 1.165) is 19.6 Å². The van der Waals surface area contributed by atoms with E-state index in [-0.39, 0.29) is 5.56 Å². The predicted octanol–water partition coefficient (Wildman–Crippen LogP) is 1.71. The fraction of sp³-hybridized carbons (Fsp3) is 0.600. The Morgan fingerprint density at radius 1 is 1.38 bits per heavy atom. The first kappa shape index (κ1) is 15.6. The van der Waals surface area contributed by atoms with Crippen molar-refractivity contribution in [2.24, 2.45) is 0 Å². The van der Waals surface area contributed by atoms with Gasteiger partial charge in [-0.3, -0.25) is 4.90 Å². The van der Waals surface area contributed by atoms with Crippen LogP contribution in [0.1, 0.15) is 36.5 Å². The molecule has 1 aliphatic rings. The van der Waals surface area contributed by atoms with Crippen LogP contribution in [0.3, 0.4) is 0 Å². The fourth-order valence-electron chi connectivity index (χ4n) is 2.39. The van der Waals surface area contributed by atoms with Gasteiger partial charge in [-0.2, -0.15) is 0 Å². The molecule has 2 rings (SSSR count). The maximum atomic E-state index is 11.9. The van der Waals surface area contributed by atoms with Crippen LogP contribution in [0, 0.1) is 0 Å². The van der Waals surface area contributed by atoms with Crippen LogP contribution in [0.25, 0.3) is 0 Å². The van der Waals surface area contributed by atoms with Crippen LogP contribution in [0.4, 0.5) is 5.69 Å². The van der Waals surface area contributed by atoms with Gasteiger partial charge in [0, 0.05) is 6.54 Å². The SMILES string of the molecule is CCOC(=O)c1cc(N)cnc1OCCN1CCCCC1. The lowest BCUT2D eigenvalue weighted by molar-refractivity contribution is 0.0520. The lowest BCUT2D eigenvalue weighted by Gasteiger charge is -2.26. The van der Waals surface area contributed by atoms with Crippen molar-refractivity contribution in [3.63, 3.8) is 0 Å². The molecule has 6 nitrogen and oxygen atoms in total. The molecule has 1 aliphatic heterocycles. The van der Waals surface area contributed by atoms with Gasteiger partial charge >= 0.3 is 5.97 Å². The van der Waals surface area contributed by atoms with Gasteiger partial charge in [0.25, 0.3) is 0 Å². The number of hydrogen-bond donors (Lipinski definition) is 1. The maximum Gasteiger partial charge on any atom is 0.343 e. The third-order valence-corrected chi connectivity index (χ3v) is 3.46. The molecule has 0 unspecified atom stereocenters. The maximum absolute atomic E-state index is 11.9. The Morgan fingerprint density at radius 3 is 2.86 bits per heavy atom. The summed E-state index contributed by atoms with van der Waals surface area (Å²) in [5.74, 6) is -0.162. The number of nitrogens with zero attached hydrogens (tertiary/aromatic N) is 2. The number of nitrogen functional groups attached to an aromatic ring is 1. The number of piperidine rings is 1. The number of carbonyl (C=O) groups excluding carboxylic acids is 1. The van der Waals surface area contributed by atoms with Gasteiger partial charge in [-0.15, -0.1) is 0 Å². The van der Waals surface area contributed by atoms with Gasteiger partial charge in [-0.1, -0.05) is 6.42 Å². The Balaban J connectivity index is 1.93. The zero-order chi connectivity index (χ0) is 15.1. The summed E-state index contributed by atoms with van der Waals surface area (Å²) in [6.45, 7) is 5.64. The molecule has 21 heavy (non-hydrogen) atoms. The van der Waals surface area contributed by atoms with E-state index in [0.29, 0.717) is 24.8 Å². The summed E-state index contributed by atoms with van der Waals surface area (Å²) >= 11 is 0. The first-order chi connectivity index (χ1) is 10.2. The first-order valence-corrected chi connectivity index (χ1v) is 7.48. The second-order valence-corrected chi connectivity index (χ2v) is 5.09. The lowest BCUT2D eigenvalue weighted by Crippen LogP contribution is -2.33. The minimum absolute atomic E-state index is 0.287. The van der Waals surface area contributed by atoms with Gasteiger partial charge < -0.3 is 15.2 Å². The smallest absolute Gasteiger partial charge is 0.343 e. The zero-order valence-electron chi connectivity index (χ0n) is 12.5. The number of carbonyl (C=O) groups is 1. The number of nitrogens with two attached hydrogens (primary N) is 1. The molecule has 1 aromatic heterocycles. The molecule has 0 aliphatic carbocycles. The van der Waals surface area contributed by atoms with Gasteiger partial charge in [0.05, 0.1) is 18.5 Å². The van der Waals surface area contributed by atoms with Crippen LogP contribution in [0.15, 0.2) is 12.3 Å². The van der Waals surface area contributed by atoms with E-state index in [2.05, 4.69) is 9.88 Å². The van der Waals surface area contributed by atoms with Crippen molar-refractivity contribution >= 4 is 11.7 Å². The van der Waals surface area contributed by atoms with Crippen molar-refractivity contribution in [3.8, 4) is 5.88 Å². The summed E-state index contributed by atoms with van der Waals surface area (Å²) < 4.78 is 10.6. The van der Waals surface area contributed by atoms with E-state index in [9.17, 15) is 4.79 Å². The molecule has 0 amide bonds. The number of likely N-dealkylation sites (tertiary alicyclic amines) is 1. The number of anilines is 1. The monoisotopic (exact) mass is 293 g/mol. The van der Waals surface area contributed by atoms with E-state index in [1.807, 2.05) is 0 Å². The minimum Gasteiger partial charge on any atom is -0.476 e. The molecule has 0 saturated carbocycles. The molecule has 0 bridgehead atoms. The number of rotatable bonds is 6. The molecule has 6 heteroatoms. The largest absolute Gasteiger partial charge is 0.476 e. The Morgan fingerprint density at radius 2 is 2.14 bits per heavy atom. The number of ether oxygens (including phenoxy) is 2.